The van der Waals surface area contributed by atoms with Crippen LogP contribution in [0, 0.1) is 6.92 Å². The van der Waals surface area contributed by atoms with Gasteiger partial charge in [-0.25, -0.2) is 4.98 Å². The number of aryl methyl sites for hydroxylation is 2. The fourth-order valence-corrected chi connectivity index (χ4v) is 0.799. The minimum atomic E-state index is 0.0718. The highest BCUT2D eigenvalue weighted by Crippen LogP contribution is 2.02. The fourth-order valence-electron chi connectivity index (χ4n) is 0.799. The summed E-state index contributed by atoms with van der Waals surface area (Å²) < 4.78 is 1.81. The highest BCUT2D eigenvalue weighted by atomic mass is 16.3. The molecule has 0 fully saturated rings. The largest absolute Gasteiger partial charge is 0.390 e. The van der Waals surface area contributed by atoms with Gasteiger partial charge < -0.3 is 9.67 Å². The first-order valence-corrected chi connectivity index (χ1v) is 2.83. The third kappa shape index (κ3) is 0.954. The Balaban J connectivity index is 3.07. The van der Waals surface area contributed by atoms with E-state index in [0.717, 1.165) is 11.4 Å². The van der Waals surface area contributed by atoms with E-state index < -0.39 is 0 Å². The SMILES string of the molecule is Cc1ncn(C)c1CO. The average Bonchev–Trinajstić information content (AvgIpc) is 2.12. The fraction of sp³-hybridized carbons (Fsp3) is 0.500. The van der Waals surface area contributed by atoms with Gasteiger partial charge >= 0.3 is 0 Å². The van der Waals surface area contributed by atoms with Crippen molar-refractivity contribution in [2.45, 2.75) is 13.5 Å². The molecule has 1 heterocycles. The van der Waals surface area contributed by atoms with Crippen molar-refractivity contribution in [3.8, 4) is 0 Å². The molecule has 1 aromatic heterocycles. The van der Waals surface area contributed by atoms with E-state index in [1.165, 1.54) is 0 Å². The summed E-state index contributed by atoms with van der Waals surface area (Å²) in [5.41, 5.74) is 1.79. The zero-order chi connectivity index (χ0) is 6.85. The van der Waals surface area contributed by atoms with Crippen LogP contribution >= 0.6 is 0 Å². The molecule has 0 aliphatic carbocycles. The van der Waals surface area contributed by atoms with E-state index in [-0.39, 0.29) is 6.61 Å². The first-order chi connectivity index (χ1) is 4.25. The van der Waals surface area contributed by atoms with Gasteiger partial charge in [0.2, 0.25) is 0 Å². The van der Waals surface area contributed by atoms with Crippen molar-refractivity contribution in [2.24, 2.45) is 7.05 Å². The Morgan fingerprint density at radius 2 is 2.44 bits per heavy atom. The molecule has 3 nitrogen and oxygen atoms in total. The molecule has 9 heavy (non-hydrogen) atoms. The highest BCUT2D eigenvalue weighted by Gasteiger charge is 1.99. The lowest BCUT2D eigenvalue weighted by Gasteiger charge is -1.95. The van der Waals surface area contributed by atoms with Gasteiger partial charge in [-0.3, -0.25) is 0 Å². The van der Waals surface area contributed by atoms with Crippen LogP contribution in [0.25, 0.3) is 0 Å². The van der Waals surface area contributed by atoms with E-state index in [4.69, 9.17) is 5.11 Å². The molecule has 0 spiro atoms. The maximum atomic E-state index is 8.73. The van der Waals surface area contributed by atoms with Crippen molar-refractivity contribution in [1.29, 1.82) is 0 Å². The second-order valence-corrected chi connectivity index (χ2v) is 2.05. The van der Waals surface area contributed by atoms with Gasteiger partial charge in [0, 0.05) is 7.05 Å². The summed E-state index contributed by atoms with van der Waals surface area (Å²) in [7, 11) is 1.87. The third-order valence-electron chi connectivity index (χ3n) is 1.42. The monoisotopic (exact) mass is 126 g/mol. The third-order valence-corrected chi connectivity index (χ3v) is 1.42. The Hall–Kier alpha value is -0.830. The van der Waals surface area contributed by atoms with E-state index in [1.807, 2.05) is 18.5 Å². The van der Waals surface area contributed by atoms with Gasteiger partial charge in [-0.1, -0.05) is 0 Å². The maximum absolute atomic E-state index is 8.73. The zero-order valence-electron chi connectivity index (χ0n) is 5.63. The van der Waals surface area contributed by atoms with Crippen LogP contribution in [0.15, 0.2) is 6.33 Å². The van der Waals surface area contributed by atoms with Gasteiger partial charge in [-0.2, -0.15) is 0 Å². The van der Waals surface area contributed by atoms with Gasteiger partial charge in [0.05, 0.1) is 24.3 Å². The molecule has 1 N–H and O–H groups in total. The number of aromatic nitrogens is 2. The summed E-state index contributed by atoms with van der Waals surface area (Å²) >= 11 is 0. The number of imidazole rings is 1. The second-order valence-electron chi connectivity index (χ2n) is 2.05. The molecule has 50 valence electrons. The minimum Gasteiger partial charge on any atom is -0.390 e. The van der Waals surface area contributed by atoms with Crippen molar-refractivity contribution < 1.29 is 5.11 Å². The average molecular weight is 126 g/mol. The highest BCUT2D eigenvalue weighted by molar-refractivity contribution is 5.08. The number of aliphatic hydroxyl groups excluding tert-OH is 1. The van der Waals surface area contributed by atoms with Crippen LogP contribution < -0.4 is 0 Å². The van der Waals surface area contributed by atoms with Crippen LogP contribution in [-0.2, 0) is 13.7 Å². The lowest BCUT2D eigenvalue weighted by Crippen LogP contribution is -1.95. The van der Waals surface area contributed by atoms with Crippen LogP contribution in [0.1, 0.15) is 11.4 Å². The first kappa shape index (κ1) is 6.29. The number of nitrogens with zero attached hydrogens (tertiary/aromatic N) is 2. The molecule has 0 unspecified atom stereocenters. The molecular weight excluding hydrogens is 116 g/mol. The Morgan fingerprint density at radius 1 is 1.78 bits per heavy atom. The molecule has 0 aliphatic heterocycles. The molecule has 0 aromatic carbocycles. The summed E-state index contributed by atoms with van der Waals surface area (Å²) in [5, 5.41) is 8.73. The van der Waals surface area contributed by atoms with Gasteiger partial charge in [0.15, 0.2) is 0 Å². The Kier molecular flexibility index (Phi) is 1.53. The molecule has 1 aromatic rings. The minimum absolute atomic E-state index is 0.0718. The van der Waals surface area contributed by atoms with Crippen LogP contribution in [0.5, 0.6) is 0 Å². The molecular formula is C6H10N2O. The second kappa shape index (κ2) is 2.19. The van der Waals surface area contributed by atoms with Crippen molar-refractivity contribution in [3.63, 3.8) is 0 Å². The van der Waals surface area contributed by atoms with Gasteiger partial charge in [-0.15, -0.1) is 0 Å². The number of hydrogen-bond acceptors (Lipinski definition) is 2. The van der Waals surface area contributed by atoms with Crippen molar-refractivity contribution in [2.75, 3.05) is 0 Å². The van der Waals surface area contributed by atoms with E-state index >= 15 is 0 Å². The standard InChI is InChI=1S/C6H10N2O/c1-5-6(3-9)8(2)4-7-5/h4,9H,3H2,1-2H3. The van der Waals surface area contributed by atoms with Crippen LogP contribution in [0.3, 0.4) is 0 Å². The van der Waals surface area contributed by atoms with E-state index in [0.29, 0.717) is 0 Å². The number of aliphatic hydroxyl groups is 1. The molecule has 1 rings (SSSR count). The summed E-state index contributed by atoms with van der Waals surface area (Å²) in [6.45, 7) is 1.95. The smallest absolute Gasteiger partial charge is 0.0949 e. The molecule has 0 saturated carbocycles. The van der Waals surface area contributed by atoms with Crippen molar-refractivity contribution in [3.05, 3.63) is 17.7 Å². The Labute approximate surface area is 54.0 Å². The van der Waals surface area contributed by atoms with Gasteiger partial charge in [-0.05, 0) is 6.92 Å². The summed E-state index contributed by atoms with van der Waals surface area (Å²) in [6.07, 6.45) is 1.70. The molecule has 0 radical (unpaired) electrons. The zero-order valence-corrected chi connectivity index (χ0v) is 5.63. The maximum Gasteiger partial charge on any atom is 0.0949 e. The van der Waals surface area contributed by atoms with Crippen LogP contribution in [-0.4, -0.2) is 14.7 Å². The lowest BCUT2D eigenvalue weighted by atomic mass is 10.4. The predicted molar refractivity (Wildman–Crippen MR) is 33.9 cm³/mol. The van der Waals surface area contributed by atoms with Crippen LogP contribution in [0.2, 0.25) is 0 Å². The Bertz CT molecular complexity index is 185. The van der Waals surface area contributed by atoms with E-state index in [9.17, 15) is 0 Å². The molecule has 0 atom stereocenters. The molecule has 0 bridgehead atoms. The predicted octanol–water partition coefficient (Wildman–Crippen LogP) is 0.221. The van der Waals surface area contributed by atoms with E-state index in [2.05, 4.69) is 4.98 Å². The van der Waals surface area contributed by atoms with Crippen molar-refractivity contribution in [1.82, 2.24) is 9.55 Å². The van der Waals surface area contributed by atoms with E-state index in [1.54, 1.807) is 6.33 Å². The number of hydrogen-bond donors (Lipinski definition) is 1. The topological polar surface area (TPSA) is 38.0 Å². The quantitative estimate of drug-likeness (QED) is 0.584. The molecule has 0 amide bonds. The van der Waals surface area contributed by atoms with Gasteiger partial charge in [0.1, 0.15) is 0 Å². The normalized spacial score (nSPS) is 10.1. The number of rotatable bonds is 1. The Morgan fingerprint density at radius 3 is 2.67 bits per heavy atom. The first-order valence-electron chi connectivity index (χ1n) is 2.83. The summed E-state index contributed by atoms with van der Waals surface area (Å²) in [4.78, 5) is 3.99. The molecule has 0 saturated heterocycles. The lowest BCUT2D eigenvalue weighted by molar-refractivity contribution is 0.272. The van der Waals surface area contributed by atoms with Crippen molar-refractivity contribution >= 4 is 0 Å². The molecule has 0 aliphatic rings. The van der Waals surface area contributed by atoms with Crippen LogP contribution in [0.4, 0.5) is 0 Å². The summed E-state index contributed by atoms with van der Waals surface area (Å²) in [6, 6.07) is 0. The summed E-state index contributed by atoms with van der Waals surface area (Å²) in [5.74, 6) is 0. The molecule has 3 heteroatoms. The van der Waals surface area contributed by atoms with Gasteiger partial charge in [0.25, 0.3) is 0 Å².